The van der Waals surface area contributed by atoms with Gasteiger partial charge in [-0.05, 0) is 37.1 Å². The van der Waals surface area contributed by atoms with Crippen LogP contribution in [0.5, 0.6) is 11.5 Å². The van der Waals surface area contributed by atoms with E-state index in [4.69, 9.17) is 14.2 Å². The van der Waals surface area contributed by atoms with Crippen molar-refractivity contribution in [2.45, 2.75) is 19.3 Å². The minimum atomic E-state index is 0.685. The molecule has 0 aliphatic rings. The van der Waals surface area contributed by atoms with Crippen molar-refractivity contribution in [1.29, 1.82) is 0 Å². The molecule has 0 radical (unpaired) electrons. The molecule has 102 valence electrons. The van der Waals surface area contributed by atoms with Crippen LogP contribution in [0.1, 0.15) is 19.3 Å². The predicted octanol–water partition coefficient (Wildman–Crippen LogP) is 3.66. The van der Waals surface area contributed by atoms with Gasteiger partial charge in [-0.1, -0.05) is 15.9 Å². The van der Waals surface area contributed by atoms with Crippen LogP contribution in [0.25, 0.3) is 0 Å². The third-order valence-electron chi connectivity index (χ3n) is 2.43. The fraction of sp³-hybridized carbons (Fsp3) is 0.571. The normalized spacial score (nSPS) is 10.3. The van der Waals surface area contributed by atoms with Crippen LogP contribution in [0.15, 0.2) is 24.3 Å². The first-order chi connectivity index (χ1) is 8.86. The third kappa shape index (κ3) is 6.87. The van der Waals surface area contributed by atoms with Gasteiger partial charge in [0.05, 0.1) is 13.7 Å². The molecule has 0 amide bonds. The maximum Gasteiger partial charge on any atom is 0.119 e. The molecule has 4 heteroatoms. The smallest absolute Gasteiger partial charge is 0.119 e. The number of rotatable bonds is 10. The average Bonchev–Trinajstić information content (AvgIpc) is 2.42. The second kappa shape index (κ2) is 10.2. The van der Waals surface area contributed by atoms with Crippen LogP contribution in [0, 0.1) is 0 Å². The van der Waals surface area contributed by atoms with E-state index in [1.54, 1.807) is 7.11 Å². The molecule has 0 fully saturated rings. The number of alkyl halides is 1. The number of ether oxygens (including phenoxy) is 3. The lowest BCUT2D eigenvalue weighted by molar-refractivity contribution is 0.117. The van der Waals surface area contributed by atoms with Crippen molar-refractivity contribution in [2.24, 2.45) is 0 Å². The molecular weight excluding hydrogens is 296 g/mol. The minimum Gasteiger partial charge on any atom is -0.497 e. The molecule has 0 atom stereocenters. The molecule has 1 rings (SSSR count). The quantitative estimate of drug-likeness (QED) is 0.487. The minimum absolute atomic E-state index is 0.685. The van der Waals surface area contributed by atoms with Gasteiger partial charge in [-0.3, -0.25) is 0 Å². The van der Waals surface area contributed by atoms with Crippen LogP contribution in [-0.2, 0) is 4.74 Å². The lowest BCUT2D eigenvalue weighted by Crippen LogP contribution is -2.04. The third-order valence-corrected chi connectivity index (χ3v) is 2.99. The summed E-state index contributed by atoms with van der Waals surface area (Å²) in [7, 11) is 1.66. The Morgan fingerprint density at radius 2 is 1.56 bits per heavy atom. The van der Waals surface area contributed by atoms with E-state index < -0.39 is 0 Å². The molecule has 1 aromatic rings. The summed E-state index contributed by atoms with van der Waals surface area (Å²) >= 11 is 3.40. The summed E-state index contributed by atoms with van der Waals surface area (Å²) in [6, 6.07) is 7.61. The van der Waals surface area contributed by atoms with Crippen LogP contribution in [0.3, 0.4) is 0 Å². The van der Waals surface area contributed by atoms with Crippen molar-refractivity contribution in [3.05, 3.63) is 24.3 Å². The van der Waals surface area contributed by atoms with E-state index in [1.807, 2.05) is 24.3 Å². The molecular formula is C14H21BrO3. The topological polar surface area (TPSA) is 27.7 Å². The lowest BCUT2D eigenvalue weighted by atomic mass is 10.3. The van der Waals surface area contributed by atoms with E-state index in [0.29, 0.717) is 6.61 Å². The average molecular weight is 317 g/mol. The molecule has 0 bridgehead atoms. The van der Waals surface area contributed by atoms with E-state index in [-0.39, 0.29) is 0 Å². The highest BCUT2D eigenvalue weighted by Crippen LogP contribution is 2.16. The zero-order valence-electron chi connectivity index (χ0n) is 10.9. The highest BCUT2D eigenvalue weighted by Gasteiger charge is 1.95. The maximum absolute atomic E-state index is 5.59. The molecule has 18 heavy (non-hydrogen) atoms. The molecule has 0 heterocycles. The first-order valence-corrected chi connectivity index (χ1v) is 7.39. The number of methoxy groups -OCH3 is 1. The molecule has 0 N–H and O–H groups in total. The van der Waals surface area contributed by atoms with Crippen molar-refractivity contribution in [1.82, 2.24) is 0 Å². The molecule has 1 aromatic carbocycles. The zero-order chi connectivity index (χ0) is 13.1. The number of halogens is 1. The molecule has 0 unspecified atom stereocenters. The second-order valence-electron chi connectivity index (χ2n) is 3.89. The predicted molar refractivity (Wildman–Crippen MR) is 77.0 cm³/mol. The van der Waals surface area contributed by atoms with Crippen molar-refractivity contribution >= 4 is 15.9 Å². The van der Waals surface area contributed by atoms with Crippen molar-refractivity contribution in [3.63, 3.8) is 0 Å². The Hall–Kier alpha value is -0.740. The Labute approximate surface area is 118 Å². The van der Waals surface area contributed by atoms with Gasteiger partial charge >= 0.3 is 0 Å². The SMILES string of the molecule is COc1ccc(OCCCOCCCCBr)cc1. The van der Waals surface area contributed by atoms with Gasteiger partial charge in [0.15, 0.2) is 0 Å². The van der Waals surface area contributed by atoms with Crippen molar-refractivity contribution < 1.29 is 14.2 Å². The summed E-state index contributed by atoms with van der Waals surface area (Å²) in [5.41, 5.74) is 0. The fourth-order valence-corrected chi connectivity index (χ4v) is 1.82. The second-order valence-corrected chi connectivity index (χ2v) is 4.68. The first-order valence-electron chi connectivity index (χ1n) is 6.27. The highest BCUT2D eigenvalue weighted by molar-refractivity contribution is 9.09. The van der Waals surface area contributed by atoms with Gasteiger partial charge in [0.1, 0.15) is 11.5 Å². The Kier molecular flexibility index (Phi) is 8.69. The summed E-state index contributed by atoms with van der Waals surface area (Å²) in [4.78, 5) is 0. The molecule has 0 aliphatic carbocycles. The van der Waals surface area contributed by atoms with Gasteiger partial charge in [-0.25, -0.2) is 0 Å². The largest absolute Gasteiger partial charge is 0.497 e. The van der Waals surface area contributed by atoms with Crippen molar-refractivity contribution in [3.8, 4) is 11.5 Å². The van der Waals surface area contributed by atoms with Gasteiger partial charge in [0.2, 0.25) is 0 Å². The number of unbranched alkanes of at least 4 members (excludes halogenated alkanes) is 1. The number of hydrogen-bond acceptors (Lipinski definition) is 3. The van der Waals surface area contributed by atoms with E-state index in [2.05, 4.69) is 15.9 Å². The summed E-state index contributed by atoms with van der Waals surface area (Å²) in [6.07, 6.45) is 3.20. The lowest BCUT2D eigenvalue weighted by Gasteiger charge is -2.07. The van der Waals surface area contributed by atoms with E-state index in [9.17, 15) is 0 Å². The highest BCUT2D eigenvalue weighted by atomic mass is 79.9. The van der Waals surface area contributed by atoms with Crippen LogP contribution >= 0.6 is 15.9 Å². The Morgan fingerprint density at radius 1 is 0.889 bits per heavy atom. The molecule has 0 saturated carbocycles. The molecule has 3 nitrogen and oxygen atoms in total. The standard InChI is InChI=1S/C14H21BrO3/c1-16-13-5-7-14(8-6-13)18-12-4-11-17-10-3-2-9-15/h5-8H,2-4,9-12H2,1H3. The van der Waals surface area contributed by atoms with Gasteiger partial charge in [-0.2, -0.15) is 0 Å². The summed E-state index contributed by atoms with van der Waals surface area (Å²) in [6.45, 7) is 2.29. The number of benzene rings is 1. The van der Waals surface area contributed by atoms with Crippen LogP contribution in [0.2, 0.25) is 0 Å². The van der Waals surface area contributed by atoms with Crippen LogP contribution in [-0.4, -0.2) is 32.3 Å². The Balaban J connectivity index is 2.00. The molecule has 0 spiro atoms. The summed E-state index contributed by atoms with van der Waals surface area (Å²) in [5.74, 6) is 1.72. The summed E-state index contributed by atoms with van der Waals surface area (Å²) < 4.78 is 16.2. The van der Waals surface area contributed by atoms with E-state index >= 15 is 0 Å². The van der Waals surface area contributed by atoms with Crippen LogP contribution < -0.4 is 9.47 Å². The van der Waals surface area contributed by atoms with Gasteiger partial charge in [0.25, 0.3) is 0 Å². The number of hydrogen-bond donors (Lipinski definition) is 0. The van der Waals surface area contributed by atoms with Gasteiger partial charge < -0.3 is 14.2 Å². The van der Waals surface area contributed by atoms with Gasteiger partial charge in [0, 0.05) is 25.0 Å². The zero-order valence-corrected chi connectivity index (χ0v) is 12.4. The van der Waals surface area contributed by atoms with Gasteiger partial charge in [-0.15, -0.1) is 0 Å². The monoisotopic (exact) mass is 316 g/mol. The van der Waals surface area contributed by atoms with E-state index in [0.717, 1.165) is 42.9 Å². The molecule has 0 saturated heterocycles. The Bertz CT molecular complexity index is 300. The maximum atomic E-state index is 5.59. The molecule has 0 aromatic heterocycles. The first kappa shape index (κ1) is 15.3. The Morgan fingerprint density at radius 3 is 2.22 bits per heavy atom. The van der Waals surface area contributed by atoms with Crippen molar-refractivity contribution in [2.75, 3.05) is 32.3 Å². The molecule has 0 aliphatic heterocycles. The van der Waals surface area contributed by atoms with Crippen LogP contribution in [0.4, 0.5) is 0 Å². The fourth-order valence-electron chi connectivity index (χ4n) is 1.42. The summed E-state index contributed by atoms with van der Waals surface area (Å²) in [5, 5.41) is 1.05. The van der Waals surface area contributed by atoms with E-state index in [1.165, 1.54) is 6.42 Å².